The second-order valence-electron chi connectivity index (χ2n) is 6.72. The summed E-state index contributed by atoms with van der Waals surface area (Å²) in [7, 11) is 0. The van der Waals surface area contributed by atoms with E-state index >= 15 is 0 Å². The topological polar surface area (TPSA) is 129 Å². The van der Waals surface area contributed by atoms with Gasteiger partial charge in [-0.25, -0.2) is 9.59 Å². The lowest BCUT2D eigenvalue weighted by Crippen LogP contribution is -2.45. The molecule has 0 saturated heterocycles. The zero-order valence-electron chi connectivity index (χ0n) is 17.1. The summed E-state index contributed by atoms with van der Waals surface area (Å²) in [4.78, 5) is 52.2. The van der Waals surface area contributed by atoms with Crippen LogP contribution in [0.15, 0.2) is 60.6 Å². The van der Waals surface area contributed by atoms with Crippen molar-refractivity contribution < 1.29 is 23.9 Å². The molecule has 0 radical (unpaired) electrons. The van der Waals surface area contributed by atoms with Crippen LogP contribution in [0.3, 0.4) is 0 Å². The number of rotatable bonds is 9. The third-order valence-corrected chi connectivity index (χ3v) is 5.31. The molecule has 32 heavy (non-hydrogen) atoms. The second-order valence-corrected chi connectivity index (χ2v) is 7.67. The number of amides is 4. The van der Waals surface area contributed by atoms with E-state index < -0.39 is 36.5 Å². The number of para-hydroxylation sites is 1. The molecule has 0 aliphatic heterocycles. The monoisotopic (exact) mass is 454 g/mol. The summed E-state index contributed by atoms with van der Waals surface area (Å²) in [6.07, 6.45) is 3.37. The Morgan fingerprint density at radius 2 is 1.97 bits per heavy atom. The molecular formula is C22H22N4O5S. The number of imide groups is 1. The van der Waals surface area contributed by atoms with Crippen LogP contribution in [0.5, 0.6) is 0 Å². The fraction of sp³-hybridized carbons (Fsp3) is 0.182. The normalized spacial score (nSPS) is 11.4. The molecule has 1 aromatic carbocycles. The molecule has 3 rings (SSSR count). The first-order valence-corrected chi connectivity index (χ1v) is 10.6. The molecule has 1 atom stereocenters. The third kappa shape index (κ3) is 6.05. The summed E-state index contributed by atoms with van der Waals surface area (Å²) in [6, 6.07) is 9.17. The molecular weight excluding hydrogens is 432 g/mol. The maximum Gasteiger partial charge on any atom is 0.329 e. The smallest absolute Gasteiger partial charge is 0.329 e. The Morgan fingerprint density at radius 1 is 1.16 bits per heavy atom. The zero-order chi connectivity index (χ0) is 22.9. The number of urea groups is 1. The van der Waals surface area contributed by atoms with Gasteiger partial charge in [-0.15, -0.1) is 17.9 Å². The summed E-state index contributed by atoms with van der Waals surface area (Å²) < 4.78 is 5.08. The van der Waals surface area contributed by atoms with E-state index in [-0.39, 0.29) is 13.0 Å². The van der Waals surface area contributed by atoms with Gasteiger partial charge >= 0.3 is 12.0 Å². The third-order valence-electron chi connectivity index (χ3n) is 4.44. The number of fused-ring (bicyclic) bond motifs is 1. The molecule has 9 nitrogen and oxygen atoms in total. The van der Waals surface area contributed by atoms with Crippen molar-refractivity contribution >= 4 is 46.1 Å². The average molecular weight is 455 g/mol. The fourth-order valence-electron chi connectivity index (χ4n) is 2.96. The number of nitrogens with one attached hydrogen (secondary N) is 4. The van der Waals surface area contributed by atoms with Gasteiger partial charge in [0.1, 0.15) is 6.04 Å². The van der Waals surface area contributed by atoms with E-state index in [4.69, 9.17) is 4.74 Å². The van der Waals surface area contributed by atoms with Gasteiger partial charge in [0.15, 0.2) is 6.61 Å². The molecule has 0 bridgehead atoms. The predicted octanol–water partition coefficient (Wildman–Crippen LogP) is 2.13. The number of aromatic nitrogens is 1. The highest BCUT2D eigenvalue weighted by molar-refractivity contribution is 7.12. The van der Waals surface area contributed by atoms with E-state index in [1.807, 2.05) is 29.6 Å². The summed E-state index contributed by atoms with van der Waals surface area (Å²) in [5, 5.41) is 9.75. The number of hydrogen-bond acceptors (Lipinski definition) is 6. The summed E-state index contributed by atoms with van der Waals surface area (Å²) in [5.41, 5.74) is 1.70. The Labute approximate surface area is 187 Å². The second kappa shape index (κ2) is 10.9. The van der Waals surface area contributed by atoms with Crippen LogP contribution < -0.4 is 16.0 Å². The minimum absolute atomic E-state index is 0.154. The Hall–Kier alpha value is -3.92. The van der Waals surface area contributed by atoms with Gasteiger partial charge in [-0.05, 0) is 23.1 Å². The molecule has 3 aromatic rings. The SMILES string of the molecule is C=CCNC(=O)NC(=O)COC(=O)[C@@H](Cc1c[nH]c2ccccc12)NC(=O)c1cccs1. The standard InChI is InChI=1S/C22H22N4O5S/c1-2-9-23-22(30)26-19(27)13-31-21(29)17(25-20(28)18-8-5-10-32-18)11-14-12-24-16-7-4-3-6-15(14)16/h2-8,10,12,17,24H,1,9,11,13H2,(H,25,28)(H2,23,26,27,30)/t17-/m1/s1. The molecule has 0 spiro atoms. The highest BCUT2D eigenvalue weighted by Gasteiger charge is 2.26. The predicted molar refractivity (Wildman–Crippen MR) is 120 cm³/mol. The van der Waals surface area contributed by atoms with Gasteiger partial charge in [0, 0.05) is 30.1 Å². The number of esters is 1. The lowest BCUT2D eigenvalue weighted by atomic mass is 10.0. The Kier molecular flexibility index (Phi) is 7.76. The van der Waals surface area contributed by atoms with Crippen molar-refractivity contribution in [2.45, 2.75) is 12.5 Å². The van der Waals surface area contributed by atoms with Gasteiger partial charge in [-0.2, -0.15) is 0 Å². The molecule has 4 N–H and O–H groups in total. The van der Waals surface area contributed by atoms with Crippen molar-refractivity contribution in [2.24, 2.45) is 0 Å². The van der Waals surface area contributed by atoms with Crippen molar-refractivity contribution in [1.29, 1.82) is 0 Å². The molecule has 0 fully saturated rings. The highest BCUT2D eigenvalue weighted by atomic mass is 32.1. The number of thiophene rings is 1. The molecule has 2 heterocycles. The number of aromatic amines is 1. The highest BCUT2D eigenvalue weighted by Crippen LogP contribution is 2.20. The lowest BCUT2D eigenvalue weighted by molar-refractivity contribution is -0.150. The Balaban J connectivity index is 1.67. The molecule has 0 aliphatic carbocycles. The quantitative estimate of drug-likeness (QED) is 0.291. The van der Waals surface area contributed by atoms with Crippen LogP contribution in [0.25, 0.3) is 10.9 Å². The largest absolute Gasteiger partial charge is 0.454 e. The number of carbonyl (C=O) groups excluding carboxylic acids is 4. The van der Waals surface area contributed by atoms with Crippen LogP contribution in [0.2, 0.25) is 0 Å². The Morgan fingerprint density at radius 3 is 2.72 bits per heavy atom. The van der Waals surface area contributed by atoms with Crippen LogP contribution in [0.1, 0.15) is 15.2 Å². The van der Waals surface area contributed by atoms with E-state index in [9.17, 15) is 19.2 Å². The van der Waals surface area contributed by atoms with Crippen LogP contribution in [-0.4, -0.2) is 48.0 Å². The van der Waals surface area contributed by atoms with Crippen LogP contribution in [0.4, 0.5) is 4.79 Å². The lowest BCUT2D eigenvalue weighted by Gasteiger charge is -2.17. The first kappa shape index (κ1) is 22.8. The number of carbonyl (C=O) groups is 4. The van der Waals surface area contributed by atoms with E-state index in [2.05, 4.69) is 22.2 Å². The van der Waals surface area contributed by atoms with E-state index in [0.29, 0.717) is 4.88 Å². The van der Waals surface area contributed by atoms with Gasteiger partial charge in [-0.3, -0.25) is 14.9 Å². The minimum Gasteiger partial charge on any atom is -0.454 e. The number of H-pyrrole nitrogens is 1. The van der Waals surface area contributed by atoms with Gasteiger partial charge in [-0.1, -0.05) is 30.3 Å². The number of hydrogen-bond donors (Lipinski definition) is 4. The van der Waals surface area contributed by atoms with Crippen LogP contribution in [0, 0.1) is 0 Å². The first-order valence-electron chi connectivity index (χ1n) is 9.72. The van der Waals surface area contributed by atoms with E-state index in [1.54, 1.807) is 23.7 Å². The van der Waals surface area contributed by atoms with Gasteiger partial charge in [0.25, 0.3) is 11.8 Å². The summed E-state index contributed by atoms with van der Waals surface area (Å²) in [6.45, 7) is 2.96. The van der Waals surface area contributed by atoms with Crippen molar-refractivity contribution in [1.82, 2.24) is 20.9 Å². The van der Waals surface area contributed by atoms with Gasteiger partial charge < -0.3 is 20.4 Å². The molecule has 4 amide bonds. The zero-order valence-corrected chi connectivity index (χ0v) is 17.9. The molecule has 2 aromatic heterocycles. The van der Waals surface area contributed by atoms with Crippen molar-refractivity contribution in [3.63, 3.8) is 0 Å². The van der Waals surface area contributed by atoms with Crippen molar-refractivity contribution in [2.75, 3.05) is 13.2 Å². The van der Waals surface area contributed by atoms with Gasteiger partial charge in [0.05, 0.1) is 4.88 Å². The van der Waals surface area contributed by atoms with E-state index in [0.717, 1.165) is 16.5 Å². The molecule has 0 unspecified atom stereocenters. The molecule has 10 heteroatoms. The summed E-state index contributed by atoms with van der Waals surface area (Å²) in [5.74, 6) is -2.01. The van der Waals surface area contributed by atoms with Gasteiger partial charge in [0.2, 0.25) is 0 Å². The number of ether oxygens (including phenoxy) is 1. The number of benzene rings is 1. The van der Waals surface area contributed by atoms with Crippen LogP contribution >= 0.6 is 11.3 Å². The molecule has 0 saturated carbocycles. The maximum atomic E-state index is 12.7. The first-order chi connectivity index (χ1) is 15.5. The Bertz CT molecular complexity index is 1120. The van der Waals surface area contributed by atoms with E-state index in [1.165, 1.54) is 17.4 Å². The molecule has 166 valence electrons. The maximum absolute atomic E-state index is 12.7. The van der Waals surface area contributed by atoms with Crippen molar-refractivity contribution in [3.05, 3.63) is 71.1 Å². The summed E-state index contributed by atoms with van der Waals surface area (Å²) >= 11 is 1.24. The van der Waals surface area contributed by atoms with Crippen molar-refractivity contribution in [3.8, 4) is 0 Å². The van der Waals surface area contributed by atoms with Crippen LogP contribution in [-0.2, 0) is 20.7 Å². The molecule has 0 aliphatic rings. The fourth-order valence-corrected chi connectivity index (χ4v) is 3.59. The average Bonchev–Trinajstić information content (AvgIpc) is 3.46. The minimum atomic E-state index is -1.04.